The molecule has 2 rings (SSSR count). The number of carboxylic acids is 1. The van der Waals surface area contributed by atoms with Gasteiger partial charge in [0.15, 0.2) is 0 Å². The summed E-state index contributed by atoms with van der Waals surface area (Å²) in [4.78, 5) is 24.9. The molecular formula is C11H17NO3S. The van der Waals surface area contributed by atoms with E-state index in [0.29, 0.717) is 13.0 Å². The molecule has 16 heavy (non-hydrogen) atoms. The molecule has 0 saturated carbocycles. The summed E-state index contributed by atoms with van der Waals surface area (Å²) in [7, 11) is 0. The van der Waals surface area contributed by atoms with Gasteiger partial charge in [0.1, 0.15) is 6.04 Å². The van der Waals surface area contributed by atoms with Crippen LogP contribution in [0.25, 0.3) is 0 Å². The van der Waals surface area contributed by atoms with Crippen LogP contribution in [-0.2, 0) is 9.59 Å². The Labute approximate surface area is 99.4 Å². The average molecular weight is 243 g/mol. The summed E-state index contributed by atoms with van der Waals surface area (Å²) < 4.78 is -0.377. The molecule has 1 amide bonds. The van der Waals surface area contributed by atoms with Gasteiger partial charge in [0.2, 0.25) is 5.91 Å². The normalized spacial score (nSPS) is 34.3. The molecule has 90 valence electrons. The maximum atomic E-state index is 12.3. The highest BCUT2D eigenvalue weighted by molar-refractivity contribution is 8.01. The third kappa shape index (κ3) is 1.93. The van der Waals surface area contributed by atoms with E-state index in [0.717, 1.165) is 25.0 Å². The number of rotatable bonds is 2. The Morgan fingerprint density at radius 3 is 2.75 bits per heavy atom. The topological polar surface area (TPSA) is 57.6 Å². The molecule has 2 atom stereocenters. The van der Waals surface area contributed by atoms with Gasteiger partial charge in [-0.15, -0.1) is 11.8 Å². The minimum absolute atomic E-state index is 0.0277. The lowest BCUT2D eigenvalue weighted by Gasteiger charge is -2.30. The molecule has 4 nitrogen and oxygen atoms in total. The fourth-order valence-corrected chi connectivity index (χ4v) is 3.79. The highest BCUT2D eigenvalue weighted by atomic mass is 32.2. The quantitative estimate of drug-likeness (QED) is 0.795. The van der Waals surface area contributed by atoms with Gasteiger partial charge in [-0.2, -0.15) is 0 Å². The molecule has 0 radical (unpaired) electrons. The first-order chi connectivity index (χ1) is 7.54. The molecule has 0 bridgehead atoms. The first-order valence-corrected chi connectivity index (χ1v) is 6.71. The number of likely N-dealkylation sites (tertiary alicyclic amines) is 1. The molecule has 2 aliphatic heterocycles. The molecule has 2 saturated heterocycles. The highest BCUT2D eigenvalue weighted by Gasteiger charge is 2.44. The lowest BCUT2D eigenvalue weighted by atomic mass is 10.0. The van der Waals surface area contributed by atoms with Crippen molar-refractivity contribution in [3.8, 4) is 0 Å². The highest BCUT2D eigenvalue weighted by Crippen LogP contribution is 2.40. The SMILES string of the molecule is CC1(C(=O)N2CCC[C@H]2C(=O)O)CCCS1. The van der Waals surface area contributed by atoms with Gasteiger partial charge in [-0.05, 0) is 38.4 Å². The van der Waals surface area contributed by atoms with E-state index in [9.17, 15) is 9.59 Å². The summed E-state index contributed by atoms with van der Waals surface area (Å²) >= 11 is 1.67. The van der Waals surface area contributed by atoms with Gasteiger partial charge in [-0.1, -0.05) is 0 Å². The van der Waals surface area contributed by atoms with Crippen molar-refractivity contribution >= 4 is 23.6 Å². The zero-order valence-electron chi connectivity index (χ0n) is 9.44. The first-order valence-electron chi connectivity index (χ1n) is 5.72. The van der Waals surface area contributed by atoms with Crippen LogP contribution in [-0.4, -0.2) is 45.0 Å². The van der Waals surface area contributed by atoms with Crippen LogP contribution in [0.15, 0.2) is 0 Å². The van der Waals surface area contributed by atoms with Gasteiger partial charge in [0, 0.05) is 6.54 Å². The number of carboxylic acid groups (broad SMARTS) is 1. The van der Waals surface area contributed by atoms with Crippen molar-refractivity contribution in [3.05, 3.63) is 0 Å². The second-order valence-electron chi connectivity index (χ2n) is 4.68. The Morgan fingerprint density at radius 2 is 2.19 bits per heavy atom. The van der Waals surface area contributed by atoms with Gasteiger partial charge in [-0.3, -0.25) is 4.79 Å². The minimum atomic E-state index is -0.863. The van der Waals surface area contributed by atoms with Crippen LogP contribution >= 0.6 is 11.8 Å². The maximum Gasteiger partial charge on any atom is 0.326 e. The van der Waals surface area contributed by atoms with E-state index in [1.807, 2.05) is 6.92 Å². The molecule has 2 heterocycles. The van der Waals surface area contributed by atoms with E-state index >= 15 is 0 Å². The van der Waals surface area contributed by atoms with Crippen molar-refractivity contribution < 1.29 is 14.7 Å². The number of carbonyl (C=O) groups is 2. The van der Waals surface area contributed by atoms with Gasteiger partial charge >= 0.3 is 5.97 Å². The van der Waals surface area contributed by atoms with Crippen LogP contribution in [0.5, 0.6) is 0 Å². The van der Waals surface area contributed by atoms with Crippen LogP contribution in [0, 0.1) is 0 Å². The smallest absolute Gasteiger partial charge is 0.326 e. The maximum absolute atomic E-state index is 12.3. The van der Waals surface area contributed by atoms with Crippen molar-refractivity contribution in [2.75, 3.05) is 12.3 Å². The number of carbonyl (C=O) groups excluding carboxylic acids is 1. The minimum Gasteiger partial charge on any atom is -0.480 e. The number of nitrogens with zero attached hydrogens (tertiary/aromatic N) is 1. The van der Waals surface area contributed by atoms with E-state index in [-0.39, 0.29) is 10.7 Å². The fraction of sp³-hybridized carbons (Fsp3) is 0.818. The molecule has 0 aromatic carbocycles. The van der Waals surface area contributed by atoms with Crippen molar-refractivity contribution in [1.29, 1.82) is 0 Å². The molecule has 1 unspecified atom stereocenters. The lowest BCUT2D eigenvalue weighted by Crippen LogP contribution is -2.48. The van der Waals surface area contributed by atoms with Crippen LogP contribution in [0.2, 0.25) is 0 Å². The second-order valence-corrected chi connectivity index (χ2v) is 6.28. The third-order valence-corrected chi connectivity index (χ3v) is 4.98. The largest absolute Gasteiger partial charge is 0.480 e. The molecule has 2 aliphatic rings. The fourth-order valence-electron chi connectivity index (χ4n) is 2.52. The van der Waals surface area contributed by atoms with Crippen molar-refractivity contribution in [2.45, 2.75) is 43.4 Å². The lowest BCUT2D eigenvalue weighted by molar-refractivity contribution is -0.149. The first kappa shape index (κ1) is 11.8. The second kappa shape index (κ2) is 4.28. The van der Waals surface area contributed by atoms with Crippen LogP contribution in [0.3, 0.4) is 0 Å². The third-order valence-electron chi connectivity index (χ3n) is 3.47. The zero-order valence-corrected chi connectivity index (χ0v) is 10.3. The van der Waals surface area contributed by atoms with Gasteiger partial charge in [0.05, 0.1) is 4.75 Å². The van der Waals surface area contributed by atoms with Gasteiger partial charge < -0.3 is 10.0 Å². The predicted molar refractivity (Wildman–Crippen MR) is 62.5 cm³/mol. The molecule has 0 aromatic heterocycles. The summed E-state index contributed by atoms with van der Waals surface area (Å²) in [5.41, 5.74) is 0. The summed E-state index contributed by atoms with van der Waals surface area (Å²) in [6, 6.07) is -0.592. The number of aliphatic carboxylic acids is 1. The van der Waals surface area contributed by atoms with E-state index in [4.69, 9.17) is 5.11 Å². The number of hydrogen-bond acceptors (Lipinski definition) is 3. The van der Waals surface area contributed by atoms with Crippen molar-refractivity contribution in [1.82, 2.24) is 4.90 Å². The average Bonchev–Trinajstić information content (AvgIpc) is 2.85. The predicted octanol–water partition coefficient (Wildman–Crippen LogP) is 1.35. The van der Waals surface area contributed by atoms with E-state index in [2.05, 4.69) is 0 Å². The number of amides is 1. The zero-order chi connectivity index (χ0) is 11.8. The number of thioether (sulfide) groups is 1. The van der Waals surface area contributed by atoms with Crippen molar-refractivity contribution in [3.63, 3.8) is 0 Å². The Kier molecular flexibility index (Phi) is 3.15. The Hall–Kier alpha value is -0.710. The molecule has 0 aromatic rings. The monoisotopic (exact) mass is 243 g/mol. The summed E-state index contributed by atoms with van der Waals surface area (Å²) in [5, 5.41) is 9.06. The molecule has 5 heteroatoms. The van der Waals surface area contributed by atoms with Crippen LogP contribution in [0.1, 0.15) is 32.6 Å². The molecule has 1 N–H and O–H groups in total. The Morgan fingerprint density at radius 1 is 1.44 bits per heavy atom. The standard InChI is InChI=1S/C11H17NO3S/c1-11(5-3-7-16-11)10(15)12-6-2-4-8(12)9(13)14/h8H,2-7H2,1H3,(H,13,14)/t8-,11?/m0/s1. The summed E-state index contributed by atoms with van der Waals surface area (Å²) in [6.07, 6.45) is 3.34. The molecule has 0 spiro atoms. The van der Waals surface area contributed by atoms with Gasteiger partial charge in [-0.25, -0.2) is 4.79 Å². The Balaban J connectivity index is 2.12. The molecule has 0 aliphatic carbocycles. The number of hydrogen-bond donors (Lipinski definition) is 1. The van der Waals surface area contributed by atoms with Crippen molar-refractivity contribution in [2.24, 2.45) is 0 Å². The van der Waals surface area contributed by atoms with E-state index < -0.39 is 12.0 Å². The molecular weight excluding hydrogens is 226 g/mol. The Bertz CT molecular complexity index is 312. The van der Waals surface area contributed by atoms with Gasteiger partial charge in [0.25, 0.3) is 0 Å². The van der Waals surface area contributed by atoms with Crippen LogP contribution in [0.4, 0.5) is 0 Å². The molecule has 2 fully saturated rings. The van der Waals surface area contributed by atoms with E-state index in [1.54, 1.807) is 16.7 Å². The summed E-state index contributed by atoms with van der Waals surface area (Å²) in [5.74, 6) is 0.172. The van der Waals surface area contributed by atoms with Crippen LogP contribution < -0.4 is 0 Å². The van der Waals surface area contributed by atoms with E-state index in [1.165, 1.54) is 0 Å². The summed E-state index contributed by atoms with van der Waals surface area (Å²) in [6.45, 7) is 2.55.